The van der Waals surface area contributed by atoms with Gasteiger partial charge in [-0.05, 0) is 73.0 Å². The molecule has 1 heterocycles. The van der Waals surface area contributed by atoms with Gasteiger partial charge in [0.15, 0.2) is 0 Å². The van der Waals surface area contributed by atoms with Crippen molar-refractivity contribution in [2.75, 3.05) is 11.5 Å². The molecule has 0 aliphatic heterocycles. The molecule has 5 aromatic rings. The molecule has 0 bridgehead atoms. The Kier molecular flexibility index (Phi) is 9.26. The van der Waals surface area contributed by atoms with Crippen molar-refractivity contribution in [2.45, 2.75) is 53.4 Å². The largest absolute Gasteiger partial charge is 0.493 e. The monoisotopic (exact) mass is 492 g/mol. The van der Waals surface area contributed by atoms with Crippen LogP contribution >= 0.6 is 0 Å². The molecule has 1 N–H and O–H groups in total. The lowest BCUT2D eigenvalue weighted by atomic mass is 10.0. The van der Waals surface area contributed by atoms with Crippen LogP contribution in [0.2, 0.25) is 0 Å². The van der Waals surface area contributed by atoms with Crippen LogP contribution in [0, 0.1) is 5.92 Å². The van der Waals surface area contributed by atoms with Crippen LogP contribution in [0.4, 0.5) is 17.1 Å². The number of aromatic nitrogens is 1. The Hall–Kier alpha value is -3.72. The number of anilines is 3. The van der Waals surface area contributed by atoms with E-state index in [2.05, 4.69) is 121 Å². The van der Waals surface area contributed by atoms with Gasteiger partial charge in [0.25, 0.3) is 0 Å². The van der Waals surface area contributed by atoms with E-state index in [0.717, 1.165) is 46.9 Å². The number of unbranched alkanes of at least 4 members (excludes halogenated alkanes) is 1. The molecule has 37 heavy (non-hydrogen) atoms. The van der Waals surface area contributed by atoms with Crippen LogP contribution in [-0.2, 0) is 0 Å². The first-order valence-corrected chi connectivity index (χ1v) is 13.9. The molecule has 1 atom stereocenters. The average molecular weight is 493 g/mol. The Balaban J connectivity index is 0.00000156. The summed E-state index contributed by atoms with van der Waals surface area (Å²) in [5.74, 6) is 1.56. The first-order valence-electron chi connectivity index (χ1n) is 13.9. The maximum atomic E-state index is 6.18. The van der Waals surface area contributed by atoms with Crippen LogP contribution in [0.15, 0.2) is 97.1 Å². The third-order valence-corrected chi connectivity index (χ3v) is 6.89. The van der Waals surface area contributed by atoms with Gasteiger partial charge in [0.1, 0.15) is 5.75 Å². The molecule has 0 aliphatic rings. The number of ether oxygens (including phenoxy) is 1. The normalized spacial score (nSPS) is 11.7. The molecule has 192 valence electrons. The van der Waals surface area contributed by atoms with Crippen molar-refractivity contribution in [2.24, 2.45) is 5.92 Å². The number of fused-ring (bicyclic) bond motifs is 3. The van der Waals surface area contributed by atoms with Gasteiger partial charge in [-0.15, -0.1) is 0 Å². The first-order chi connectivity index (χ1) is 18.3. The van der Waals surface area contributed by atoms with Crippen molar-refractivity contribution >= 4 is 38.9 Å². The molecule has 0 amide bonds. The molecule has 3 heteroatoms. The predicted molar refractivity (Wildman–Crippen MR) is 161 cm³/mol. The van der Waals surface area contributed by atoms with Crippen molar-refractivity contribution in [1.82, 2.24) is 4.98 Å². The van der Waals surface area contributed by atoms with Gasteiger partial charge in [-0.2, -0.15) is 0 Å². The zero-order valence-corrected chi connectivity index (χ0v) is 22.7. The summed E-state index contributed by atoms with van der Waals surface area (Å²) in [6.45, 7) is 9.30. The van der Waals surface area contributed by atoms with Crippen LogP contribution in [0.5, 0.6) is 5.75 Å². The Morgan fingerprint density at radius 3 is 2.08 bits per heavy atom. The number of nitrogens with zero attached hydrogens (tertiary/aromatic N) is 1. The van der Waals surface area contributed by atoms with E-state index in [1.807, 2.05) is 13.8 Å². The molecule has 0 aliphatic carbocycles. The molecule has 0 saturated heterocycles. The van der Waals surface area contributed by atoms with Gasteiger partial charge in [0.05, 0.1) is 6.61 Å². The maximum Gasteiger partial charge on any atom is 0.119 e. The van der Waals surface area contributed by atoms with Gasteiger partial charge in [-0.3, -0.25) is 0 Å². The second kappa shape index (κ2) is 13.0. The number of hydrogen-bond donors (Lipinski definition) is 1. The van der Waals surface area contributed by atoms with E-state index in [4.69, 9.17) is 4.74 Å². The second-order valence-electron chi connectivity index (χ2n) is 9.29. The maximum absolute atomic E-state index is 6.18. The van der Waals surface area contributed by atoms with E-state index in [1.165, 1.54) is 30.0 Å². The fourth-order valence-electron chi connectivity index (χ4n) is 4.80. The molecule has 1 unspecified atom stereocenters. The summed E-state index contributed by atoms with van der Waals surface area (Å²) in [5.41, 5.74) is 5.69. The number of hydrogen-bond acceptors (Lipinski definition) is 2. The lowest BCUT2D eigenvalue weighted by Gasteiger charge is -2.26. The number of aromatic amines is 1. The number of benzene rings is 4. The molecule has 4 aromatic carbocycles. The lowest BCUT2D eigenvalue weighted by molar-refractivity contribution is 0.233. The van der Waals surface area contributed by atoms with Crippen molar-refractivity contribution in [1.29, 1.82) is 0 Å². The third-order valence-electron chi connectivity index (χ3n) is 6.89. The summed E-state index contributed by atoms with van der Waals surface area (Å²) < 4.78 is 6.18. The highest BCUT2D eigenvalue weighted by Crippen LogP contribution is 2.38. The van der Waals surface area contributed by atoms with Crippen LogP contribution in [0.3, 0.4) is 0 Å². The highest BCUT2D eigenvalue weighted by Gasteiger charge is 2.15. The summed E-state index contributed by atoms with van der Waals surface area (Å²) in [4.78, 5) is 5.84. The first kappa shape index (κ1) is 26.3. The van der Waals surface area contributed by atoms with Gasteiger partial charge >= 0.3 is 0 Å². The third kappa shape index (κ3) is 6.17. The van der Waals surface area contributed by atoms with E-state index in [0.29, 0.717) is 5.92 Å². The van der Waals surface area contributed by atoms with Crippen molar-refractivity contribution in [3.63, 3.8) is 0 Å². The summed E-state index contributed by atoms with van der Waals surface area (Å²) in [6, 6.07) is 34.2. The van der Waals surface area contributed by atoms with E-state index >= 15 is 0 Å². The van der Waals surface area contributed by atoms with Crippen LogP contribution < -0.4 is 9.64 Å². The average Bonchev–Trinajstić information content (AvgIpc) is 3.34. The molecule has 1 aromatic heterocycles. The van der Waals surface area contributed by atoms with E-state index in [1.54, 1.807) is 0 Å². The molecule has 0 saturated carbocycles. The Morgan fingerprint density at radius 1 is 0.703 bits per heavy atom. The highest BCUT2D eigenvalue weighted by molar-refractivity contribution is 6.08. The van der Waals surface area contributed by atoms with Gasteiger partial charge in [0.2, 0.25) is 0 Å². The minimum atomic E-state index is 0.623. The zero-order valence-electron chi connectivity index (χ0n) is 22.7. The smallest absolute Gasteiger partial charge is 0.119 e. The fraction of sp³-hybridized carbons (Fsp3) is 0.294. The topological polar surface area (TPSA) is 28.3 Å². The Morgan fingerprint density at radius 2 is 1.35 bits per heavy atom. The van der Waals surface area contributed by atoms with E-state index in [-0.39, 0.29) is 0 Å². The summed E-state index contributed by atoms with van der Waals surface area (Å²) in [6.07, 6.45) is 4.91. The summed E-state index contributed by atoms with van der Waals surface area (Å²) in [7, 11) is 0. The minimum Gasteiger partial charge on any atom is -0.493 e. The number of rotatable bonds is 10. The van der Waals surface area contributed by atoms with Crippen LogP contribution in [-0.4, -0.2) is 11.6 Å². The molecule has 0 radical (unpaired) electrons. The quantitative estimate of drug-likeness (QED) is 0.210. The summed E-state index contributed by atoms with van der Waals surface area (Å²) in [5, 5.41) is 2.48. The predicted octanol–water partition coefficient (Wildman–Crippen LogP) is 10.4. The van der Waals surface area contributed by atoms with Crippen molar-refractivity contribution in [3.8, 4) is 5.75 Å². The minimum absolute atomic E-state index is 0.623. The lowest BCUT2D eigenvalue weighted by Crippen LogP contribution is -2.12. The molecule has 5 rings (SSSR count). The molecular formula is C34H40N2O. The van der Waals surface area contributed by atoms with Crippen molar-refractivity contribution < 1.29 is 4.74 Å². The van der Waals surface area contributed by atoms with Gasteiger partial charge < -0.3 is 14.6 Å². The Labute approximate surface area is 222 Å². The van der Waals surface area contributed by atoms with Gasteiger partial charge in [0, 0.05) is 38.9 Å². The second-order valence-corrected chi connectivity index (χ2v) is 9.29. The van der Waals surface area contributed by atoms with E-state index in [9.17, 15) is 0 Å². The molecular weight excluding hydrogens is 452 g/mol. The van der Waals surface area contributed by atoms with Crippen molar-refractivity contribution in [3.05, 3.63) is 97.1 Å². The zero-order chi connectivity index (χ0) is 26.0. The number of H-pyrrole nitrogens is 1. The fourth-order valence-corrected chi connectivity index (χ4v) is 4.80. The van der Waals surface area contributed by atoms with Gasteiger partial charge in [-0.25, -0.2) is 0 Å². The summed E-state index contributed by atoms with van der Waals surface area (Å²) >= 11 is 0. The Bertz CT molecular complexity index is 1370. The molecule has 0 spiro atoms. The SMILES string of the molecule is CC.CCCCC(CC)COc1ccc(N(c2ccccc2)c2ccc3[nH]c4ccccc4c3c2)cc1. The van der Waals surface area contributed by atoms with Crippen LogP contribution in [0.1, 0.15) is 53.4 Å². The standard InChI is InChI=1S/C32H34N2O.C2H6/c1-3-5-11-24(4-2)23-35-28-19-16-26(17-20-28)34(25-12-7-6-8-13-25)27-18-21-32-30(22-27)29-14-9-10-15-31(29)33-32;1-2/h6-10,12-22,24,33H,3-5,11,23H2,1-2H3;1-2H3. The van der Waals surface area contributed by atoms with E-state index < -0.39 is 0 Å². The van der Waals surface area contributed by atoms with Gasteiger partial charge in [-0.1, -0.05) is 83.4 Å². The number of nitrogens with one attached hydrogen (secondary N) is 1. The number of para-hydroxylation sites is 2. The molecule has 0 fully saturated rings. The molecule has 3 nitrogen and oxygen atoms in total. The highest BCUT2D eigenvalue weighted by atomic mass is 16.5. The van der Waals surface area contributed by atoms with Crippen LogP contribution in [0.25, 0.3) is 21.8 Å².